The normalized spacial score (nSPS) is 18.7. The van der Waals surface area contributed by atoms with Crippen molar-refractivity contribution in [1.29, 1.82) is 0 Å². The number of amides is 1. The number of likely N-dealkylation sites (tertiary alicyclic amines) is 1. The maximum Gasteiger partial charge on any atom is 0.317 e. The number of carbonyl (C=O) groups is 2. The Morgan fingerprint density at radius 3 is 2.83 bits per heavy atom. The molecule has 1 aromatic heterocycles. The lowest BCUT2D eigenvalue weighted by Gasteiger charge is -2.32. The second kappa shape index (κ2) is 9.25. The number of halogens is 1. The van der Waals surface area contributed by atoms with Gasteiger partial charge in [-0.15, -0.1) is 23.7 Å². The van der Waals surface area contributed by atoms with Gasteiger partial charge < -0.3 is 10.0 Å². The van der Waals surface area contributed by atoms with E-state index in [1.54, 1.807) is 16.2 Å². The second-order valence-corrected chi connectivity index (χ2v) is 6.72. The van der Waals surface area contributed by atoms with E-state index >= 15 is 0 Å². The first-order valence-corrected chi connectivity index (χ1v) is 8.72. The average molecular weight is 361 g/mol. The van der Waals surface area contributed by atoms with Crippen LogP contribution in [0, 0.1) is 0 Å². The molecule has 0 bridgehead atoms. The number of aliphatic carboxylic acids is 1. The molecule has 7 heteroatoms. The zero-order chi connectivity index (χ0) is 16.1. The van der Waals surface area contributed by atoms with Gasteiger partial charge in [-0.05, 0) is 44.2 Å². The van der Waals surface area contributed by atoms with Crippen LogP contribution in [0.5, 0.6) is 0 Å². The van der Waals surface area contributed by atoms with Gasteiger partial charge >= 0.3 is 5.97 Å². The van der Waals surface area contributed by atoms with Crippen LogP contribution < -0.4 is 0 Å². The number of carboxylic acids is 1. The van der Waals surface area contributed by atoms with Crippen LogP contribution in [-0.2, 0) is 9.59 Å². The predicted octanol–water partition coefficient (Wildman–Crippen LogP) is 3.02. The van der Waals surface area contributed by atoms with Crippen molar-refractivity contribution in [2.24, 2.45) is 0 Å². The van der Waals surface area contributed by atoms with Gasteiger partial charge in [-0.3, -0.25) is 14.5 Å². The molecular weight excluding hydrogens is 336 g/mol. The fraction of sp³-hybridized carbons (Fsp3) is 0.625. The molecule has 2 heterocycles. The molecule has 0 saturated carbocycles. The zero-order valence-electron chi connectivity index (χ0n) is 13.6. The lowest BCUT2D eigenvalue weighted by molar-refractivity contribution is -0.142. The Balaban J connectivity index is 0.00000264. The van der Waals surface area contributed by atoms with Crippen molar-refractivity contribution in [1.82, 2.24) is 9.80 Å². The van der Waals surface area contributed by atoms with Crippen molar-refractivity contribution in [3.05, 3.63) is 22.4 Å². The van der Waals surface area contributed by atoms with Crippen LogP contribution in [-0.4, -0.2) is 52.5 Å². The van der Waals surface area contributed by atoms with E-state index in [0.717, 1.165) is 25.8 Å². The minimum atomic E-state index is -0.885. The maximum atomic E-state index is 12.8. The smallest absolute Gasteiger partial charge is 0.317 e. The van der Waals surface area contributed by atoms with Crippen LogP contribution in [0.15, 0.2) is 17.5 Å². The molecule has 1 saturated heterocycles. The van der Waals surface area contributed by atoms with Gasteiger partial charge in [-0.1, -0.05) is 13.0 Å². The molecule has 0 radical (unpaired) electrons. The van der Waals surface area contributed by atoms with E-state index in [4.69, 9.17) is 5.11 Å². The molecule has 0 aromatic carbocycles. The highest BCUT2D eigenvalue weighted by Crippen LogP contribution is 2.35. The van der Waals surface area contributed by atoms with Crippen LogP contribution in [0.2, 0.25) is 0 Å². The Kier molecular flexibility index (Phi) is 8.02. The summed E-state index contributed by atoms with van der Waals surface area (Å²) < 4.78 is 0. The van der Waals surface area contributed by atoms with Crippen molar-refractivity contribution < 1.29 is 14.7 Å². The highest BCUT2D eigenvalue weighted by molar-refractivity contribution is 7.10. The molecule has 2 atom stereocenters. The van der Waals surface area contributed by atoms with Crippen molar-refractivity contribution in [3.8, 4) is 0 Å². The molecule has 23 heavy (non-hydrogen) atoms. The van der Waals surface area contributed by atoms with Gasteiger partial charge in [0.2, 0.25) is 5.91 Å². The molecule has 1 aliphatic rings. The standard InChI is InChI=1S/C16H24N2O3S.ClH/c1-3-8-17(11-15(19)20)12(2)16(21)18-9-4-6-13(18)14-7-5-10-22-14;/h5,7,10,12-13H,3-4,6,8-9,11H2,1-2H3,(H,19,20);1H. The summed E-state index contributed by atoms with van der Waals surface area (Å²) in [7, 11) is 0. The molecule has 1 aliphatic heterocycles. The Labute approximate surface area is 147 Å². The molecule has 1 N–H and O–H groups in total. The molecule has 0 spiro atoms. The molecule has 0 aliphatic carbocycles. The van der Waals surface area contributed by atoms with Gasteiger partial charge in [0.15, 0.2) is 0 Å². The van der Waals surface area contributed by atoms with Gasteiger partial charge in [0.1, 0.15) is 0 Å². The van der Waals surface area contributed by atoms with E-state index in [2.05, 4.69) is 6.07 Å². The Bertz CT molecular complexity index is 509. The Morgan fingerprint density at radius 1 is 1.52 bits per heavy atom. The quantitative estimate of drug-likeness (QED) is 0.811. The topological polar surface area (TPSA) is 60.9 Å². The fourth-order valence-electron chi connectivity index (χ4n) is 3.07. The van der Waals surface area contributed by atoms with E-state index in [1.165, 1.54) is 4.88 Å². The number of carbonyl (C=O) groups excluding carboxylic acids is 1. The number of hydrogen-bond donors (Lipinski definition) is 1. The summed E-state index contributed by atoms with van der Waals surface area (Å²) in [6.45, 7) is 5.12. The van der Waals surface area contributed by atoms with Gasteiger partial charge in [-0.25, -0.2) is 0 Å². The van der Waals surface area contributed by atoms with Crippen molar-refractivity contribution in [2.45, 2.75) is 45.2 Å². The Morgan fingerprint density at radius 2 is 2.26 bits per heavy atom. The SMILES string of the molecule is CCCN(CC(=O)O)C(C)C(=O)N1CCCC1c1cccs1.Cl. The first-order chi connectivity index (χ1) is 10.5. The first kappa shape index (κ1) is 19.9. The van der Waals surface area contributed by atoms with Crippen LogP contribution in [0.4, 0.5) is 0 Å². The second-order valence-electron chi connectivity index (χ2n) is 5.75. The van der Waals surface area contributed by atoms with Crippen LogP contribution in [0.1, 0.15) is 44.0 Å². The van der Waals surface area contributed by atoms with E-state index in [1.807, 2.05) is 30.2 Å². The highest BCUT2D eigenvalue weighted by atomic mass is 35.5. The summed E-state index contributed by atoms with van der Waals surface area (Å²) in [4.78, 5) is 28.8. The van der Waals surface area contributed by atoms with E-state index in [0.29, 0.717) is 6.54 Å². The van der Waals surface area contributed by atoms with Gasteiger partial charge in [-0.2, -0.15) is 0 Å². The molecule has 2 unspecified atom stereocenters. The maximum absolute atomic E-state index is 12.8. The minimum absolute atomic E-state index is 0. The number of nitrogens with zero attached hydrogens (tertiary/aromatic N) is 2. The van der Waals surface area contributed by atoms with Crippen molar-refractivity contribution in [3.63, 3.8) is 0 Å². The third-order valence-corrected chi connectivity index (χ3v) is 5.14. The Hall–Kier alpha value is -1.11. The monoisotopic (exact) mass is 360 g/mol. The molecule has 5 nitrogen and oxygen atoms in total. The molecule has 1 amide bonds. The van der Waals surface area contributed by atoms with Gasteiger partial charge in [0, 0.05) is 11.4 Å². The molecule has 130 valence electrons. The van der Waals surface area contributed by atoms with Crippen molar-refractivity contribution >= 4 is 35.6 Å². The van der Waals surface area contributed by atoms with E-state index < -0.39 is 12.0 Å². The largest absolute Gasteiger partial charge is 0.480 e. The summed E-state index contributed by atoms with van der Waals surface area (Å²) in [6.07, 6.45) is 2.83. The lowest BCUT2D eigenvalue weighted by Crippen LogP contribution is -2.48. The molecular formula is C16H25ClN2O3S. The van der Waals surface area contributed by atoms with Gasteiger partial charge in [0.05, 0.1) is 18.6 Å². The number of rotatable bonds is 7. The third-order valence-electron chi connectivity index (χ3n) is 4.16. The first-order valence-electron chi connectivity index (χ1n) is 7.84. The van der Waals surface area contributed by atoms with Crippen LogP contribution in [0.25, 0.3) is 0 Å². The number of carboxylic acid groups (broad SMARTS) is 1. The predicted molar refractivity (Wildman–Crippen MR) is 94.2 cm³/mol. The number of hydrogen-bond acceptors (Lipinski definition) is 4. The molecule has 1 fully saturated rings. The lowest BCUT2D eigenvalue weighted by atomic mass is 10.1. The van der Waals surface area contributed by atoms with E-state index in [9.17, 15) is 9.59 Å². The van der Waals surface area contributed by atoms with Gasteiger partial charge in [0.25, 0.3) is 0 Å². The minimum Gasteiger partial charge on any atom is -0.480 e. The summed E-state index contributed by atoms with van der Waals surface area (Å²) in [6, 6.07) is 3.85. The fourth-order valence-corrected chi connectivity index (χ4v) is 3.95. The zero-order valence-corrected chi connectivity index (χ0v) is 15.2. The molecule has 1 aromatic rings. The summed E-state index contributed by atoms with van der Waals surface area (Å²) in [5, 5.41) is 11.1. The summed E-state index contributed by atoms with van der Waals surface area (Å²) in [5.41, 5.74) is 0. The third kappa shape index (κ3) is 4.93. The van der Waals surface area contributed by atoms with Crippen LogP contribution >= 0.6 is 23.7 Å². The average Bonchev–Trinajstić information content (AvgIpc) is 3.14. The van der Waals surface area contributed by atoms with Crippen LogP contribution in [0.3, 0.4) is 0 Å². The van der Waals surface area contributed by atoms with Crippen molar-refractivity contribution in [2.75, 3.05) is 19.6 Å². The number of thiophene rings is 1. The summed E-state index contributed by atoms with van der Waals surface area (Å²) >= 11 is 1.68. The van der Waals surface area contributed by atoms with E-state index in [-0.39, 0.29) is 30.9 Å². The summed E-state index contributed by atoms with van der Waals surface area (Å²) in [5.74, 6) is -0.838. The highest BCUT2D eigenvalue weighted by Gasteiger charge is 2.35. The molecule has 2 rings (SSSR count).